The molecule has 0 aliphatic heterocycles. The summed E-state index contributed by atoms with van der Waals surface area (Å²) in [6.07, 6.45) is 1.53. The molecular weight excluding hydrogens is 432 g/mol. The number of carbonyl (C=O) groups is 1. The number of aromatic hydroxyl groups is 1. The summed E-state index contributed by atoms with van der Waals surface area (Å²) in [5, 5.41) is 15.5. The Morgan fingerprint density at radius 3 is 2.53 bits per heavy atom. The summed E-state index contributed by atoms with van der Waals surface area (Å²) in [6, 6.07) is 12.5. The molecule has 2 heterocycles. The minimum Gasteiger partial charge on any atom is -0.506 e. The highest BCUT2D eigenvalue weighted by atomic mass is 35.5. The third kappa shape index (κ3) is 3.08. The Hall–Kier alpha value is -3.58. The van der Waals surface area contributed by atoms with Crippen molar-refractivity contribution in [2.24, 2.45) is 0 Å². The first-order chi connectivity index (χ1) is 15.3. The zero-order valence-corrected chi connectivity index (χ0v) is 18.1. The number of fused-ring (bicyclic) bond motifs is 1. The molecule has 0 amide bonds. The number of hydrogen-bond acceptors (Lipinski definition) is 6. The summed E-state index contributed by atoms with van der Waals surface area (Å²) in [7, 11) is 1.40. The largest absolute Gasteiger partial charge is 0.506 e. The molecule has 0 unspecified atom stereocenters. The lowest BCUT2D eigenvalue weighted by Gasteiger charge is -2.14. The second-order valence-electron chi connectivity index (χ2n) is 8.04. The quantitative estimate of drug-likeness (QED) is 0.436. The van der Waals surface area contributed by atoms with Gasteiger partial charge in [0, 0.05) is 17.0 Å². The minimum absolute atomic E-state index is 0.00970. The summed E-state index contributed by atoms with van der Waals surface area (Å²) in [6.45, 7) is 1.73. The van der Waals surface area contributed by atoms with Gasteiger partial charge in [0.05, 0.1) is 28.8 Å². The number of pyridine rings is 1. The predicted molar refractivity (Wildman–Crippen MR) is 120 cm³/mol. The maximum atomic E-state index is 12.6. The molecule has 8 heteroatoms. The minimum atomic E-state index is -0.553. The first-order valence-corrected chi connectivity index (χ1v) is 10.4. The van der Waals surface area contributed by atoms with Gasteiger partial charge in [-0.1, -0.05) is 41.0 Å². The Bertz CT molecular complexity index is 1430. The van der Waals surface area contributed by atoms with Crippen LogP contribution < -0.4 is 5.56 Å². The molecular formula is C24H19ClN2O5. The number of aromatic nitrogens is 2. The number of benzene rings is 2. The average molecular weight is 451 g/mol. The SMILES string of the molecule is COC(=O)C1(c2ccc(-c3cc4c(O)c(-c5cc(C)no5)c(=O)[nH]c4cc3Cl)cc2)CC1. The summed E-state index contributed by atoms with van der Waals surface area (Å²) >= 11 is 6.51. The van der Waals surface area contributed by atoms with Gasteiger partial charge in [-0.25, -0.2) is 0 Å². The molecule has 0 spiro atoms. The lowest BCUT2D eigenvalue weighted by molar-refractivity contribution is -0.143. The molecule has 2 aromatic heterocycles. The van der Waals surface area contributed by atoms with E-state index in [0.717, 1.165) is 24.0 Å². The van der Waals surface area contributed by atoms with Gasteiger partial charge in [0.25, 0.3) is 5.56 Å². The average Bonchev–Trinajstić information content (AvgIpc) is 3.48. The Kier molecular flexibility index (Phi) is 4.60. The lowest BCUT2D eigenvalue weighted by atomic mass is 9.93. The number of rotatable bonds is 4. The van der Waals surface area contributed by atoms with E-state index in [2.05, 4.69) is 10.1 Å². The van der Waals surface area contributed by atoms with Crippen LogP contribution in [-0.4, -0.2) is 28.3 Å². The van der Waals surface area contributed by atoms with Crippen molar-refractivity contribution in [3.8, 4) is 28.2 Å². The summed E-state index contributed by atoms with van der Waals surface area (Å²) in [4.78, 5) is 27.5. The monoisotopic (exact) mass is 450 g/mol. The van der Waals surface area contributed by atoms with E-state index in [1.807, 2.05) is 24.3 Å². The lowest BCUT2D eigenvalue weighted by Crippen LogP contribution is -2.21. The molecule has 1 fully saturated rings. The molecule has 2 aromatic carbocycles. The first-order valence-electron chi connectivity index (χ1n) is 10.1. The van der Waals surface area contributed by atoms with E-state index in [4.69, 9.17) is 20.9 Å². The summed E-state index contributed by atoms with van der Waals surface area (Å²) in [5.41, 5.74) is 2.34. The number of halogens is 1. The van der Waals surface area contributed by atoms with Crippen molar-refractivity contribution in [3.05, 3.63) is 69.1 Å². The molecule has 2 N–H and O–H groups in total. The normalized spacial score (nSPS) is 14.5. The van der Waals surface area contributed by atoms with E-state index in [1.54, 1.807) is 25.1 Å². The van der Waals surface area contributed by atoms with Gasteiger partial charge in [-0.2, -0.15) is 0 Å². The Morgan fingerprint density at radius 2 is 1.94 bits per heavy atom. The van der Waals surface area contributed by atoms with Crippen molar-refractivity contribution in [2.75, 3.05) is 7.11 Å². The van der Waals surface area contributed by atoms with Crippen molar-refractivity contribution < 1.29 is 19.2 Å². The van der Waals surface area contributed by atoms with Crippen LogP contribution in [0.1, 0.15) is 24.1 Å². The number of methoxy groups -OCH3 is 1. The Labute approximate surface area is 187 Å². The van der Waals surface area contributed by atoms with E-state index in [-0.39, 0.29) is 23.0 Å². The number of H-pyrrole nitrogens is 1. The number of aryl methyl sites for hydroxylation is 1. The van der Waals surface area contributed by atoms with Crippen LogP contribution in [0.3, 0.4) is 0 Å². The maximum Gasteiger partial charge on any atom is 0.316 e. The molecule has 0 saturated heterocycles. The highest BCUT2D eigenvalue weighted by molar-refractivity contribution is 6.34. The third-order valence-electron chi connectivity index (χ3n) is 6.02. The molecule has 1 saturated carbocycles. The highest BCUT2D eigenvalue weighted by Crippen LogP contribution is 2.49. The van der Waals surface area contributed by atoms with Crippen molar-refractivity contribution in [1.82, 2.24) is 10.1 Å². The maximum absolute atomic E-state index is 12.6. The topological polar surface area (TPSA) is 105 Å². The number of ether oxygens (including phenoxy) is 1. The number of carbonyl (C=O) groups excluding carboxylic acids is 1. The fraction of sp³-hybridized carbons (Fsp3) is 0.208. The van der Waals surface area contributed by atoms with Gasteiger partial charge in [-0.15, -0.1) is 0 Å². The van der Waals surface area contributed by atoms with Crippen molar-refractivity contribution >= 4 is 28.5 Å². The smallest absolute Gasteiger partial charge is 0.316 e. The van der Waals surface area contributed by atoms with Crippen LogP contribution in [0, 0.1) is 6.92 Å². The van der Waals surface area contributed by atoms with E-state index in [9.17, 15) is 14.7 Å². The van der Waals surface area contributed by atoms with Crippen LogP contribution in [0.4, 0.5) is 0 Å². The van der Waals surface area contributed by atoms with E-state index < -0.39 is 11.0 Å². The molecule has 1 aliphatic rings. The van der Waals surface area contributed by atoms with Crippen LogP contribution >= 0.6 is 11.6 Å². The van der Waals surface area contributed by atoms with E-state index >= 15 is 0 Å². The molecule has 162 valence electrons. The summed E-state index contributed by atoms with van der Waals surface area (Å²) < 4.78 is 10.1. The van der Waals surface area contributed by atoms with Gasteiger partial charge in [-0.3, -0.25) is 9.59 Å². The number of aromatic amines is 1. The number of esters is 1. The molecule has 5 rings (SSSR count). The molecule has 0 atom stereocenters. The van der Waals surface area contributed by atoms with Gasteiger partial charge in [0.2, 0.25) is 0 Å². The van der Waals surface area contributed by atoms with E-state index in [1.165, 1.54) is 7.11 Å². The fourth-order valence-corrected chi connectivity index (χ4v) is 4.40. The molecule has 4 aromatic rings. The Balaban J connectivity index is 1.61. The van der Waals surface area contributed by atoms with Gasteiger partial charge < -0.3 is 19.4 Å². The van der Waals surface area contributed by atoms with Crippen molar-refractivity contribution in [3.63, 3.8) is 0 Å². The Morgan fingerprint density at radius 1 is 1.22 bits per heavy atom. The van der Waals surface area contributed by atoms with Crippen LogP contribution in [0.5, 0.6) is 5.75 Å². The number of hydrogen-bond donors (Lipinski definition) is 2. The molecule has 7 nitrogen and oxygen atoms in total. The standard InChI is InChI=1S/C24H19ClN2O5/c1-12-9-19(32-27-12)20-21(28)16-10-15(17(25)11-18(16)26-22(20)29)13-3-5-14(6-4-13)24(7-8-24)23(30)31-2/h3-6,9-11H,7-8H2,1-2H3,(H2,26,28,29). The number of nitrogens with one attached hydrogen (secondary N) is 1. The summed E-state index contributed by atoms with van der Waals surface area (Å²) in [5.74, 6) is -0.253. The molecule has 0 bridgehead atoms. The van der Waals surface area contributed by atoms with Gasteiger partial charge >= 0.3 is 5.97 Å². The van der Waals surface area contributed by atoms with Crippen LogP contribution in [0.2, 0.25) is 5.02 Å². The van der Waals surface area contributed by atoms with Crippen LogP contribution in [0.15, 0.2) is 51.8 Å². The third-order valence-corrected chi connectivity index (χ3v) is 6.34. The second kappa shape index (κ2) is 7.24. The number of nitrogens with zero attached hydrogens (tertiary/aromatic N) is 1. The highest BCUT2D eigenvalue weighted by Gasteiger charge is 2.52. The molecule has 32 heavy (non-hydrogen) atoms. The molecule has 0 radical (unpaired) electrons. The first kappa shape index (κ1) is 20.3. The van der Waals surface area contributed by atoms with Crippen LogP contribution in [-0.2, 0) is 14.9 Å². The second-order valence-corrected chi connectivity index (χ2v) is 8.45. The zero-order valence-electron chi connectivity index (χ0n) is 17.4. The van der Waals surface area contributed by atoms with Gasteiger partial charge in [-0.05, 0) is 43.0 Å². The van der Waals surface area contributed by atoms with Gasteiger partial charge in [0.1, 0.15) is 11.3 Å². The van der Waals surface area contributed by atoms with Crippen molar-refractivity contribution in [1.29, 1.82) is 0 Å². The van der Waals surface area contributed by atoms with Crippen LogP contribution in [0.25, 0.3) is 33.4 Å². The zero-order chi connectivity index (χ0) is 22.6. The fourth-order valence-electron chi connectivity index (χ4n) is 4.13. The molecule has 1 aliphatic carbocycles. The predicted octanol–water partition coefficient (Wildman–Crippen LogP) is 4.72. The van der Waals surface area contributed by atoms with Gasteiger partial charge in [0.15, 0.2) is 5.76 Å². The van der Waals surface area contributed by atoms with Crippen molar-refractivity contribution in [2.45, 2.75) is 25.2 Å². The van der Waals surface area contributed by atoms with E-state index in [0.29, 0.717) is 27.2 Å².